The minimum atomic E-state index is 0.354. The van der Waals surface area contributed by atoms with Crippen molar-refractivity contribution in [3.8, 4) is 11.4 Å². The summed E-state index contributed by atoms with van der Waals surface area (Å²) in [6.45, 7) is 5.28. The van der Waals surface area contributed by atoms with Crippen molar-refractivity contribution in [2.24, 2.45) is 0 Å². The molecule has 0 saturated heterocycles. The molecule has 1 atom stereocenters. The van der Waals surface area contributed by atoms with E-state index in [2.05, 4.69) is 29.3 Å². The van der Waals surface area contributed by atoms with Crippen LogP contribution in [0.25, 0.3) is 11.4 Å². The number of halogens is 2. The van der Waals surface area contributed by atoms with Crippen LogP contribution < -0.4 is 5.32 Å². The Morgan fingerprint density at radius 3 is 2.71 bits per heavy atom. The maximum atomic E-state index is 6.01. The molecule has 0 amide bonds. The van der Waals surface area contributed by atoms with Gasteiger partial charge in [0.05, 0.1) is 10.0 Å². The van der Waals surface area contributed by atoms with Crippen LogP contribution in [-0.2, 0) is 6.42 Å². The second kappa shape index (κ2) is 7.78. The molecule has 0 aliphatic heterocycles. The molecule has 1 unspecified atom stereocenters. The van der Waals surface area contributed by atoms with Gasteiger partial charge in [-0.3, -0.25) is 0 Å². The Morgan fingerprint density at radius 2 is 2.05 bits per heavy atom. The lowest BCUT2D eigenvalue weighted by atomic mass is 10.1. The number of aromatic nitrogens is 2. The molecule has 21 heavy (non-hydrogen) atoms. The highest BCUT2D eigenvalue weighted by Gasteiger charge is 2.14. The Labute approximate surface area is 134 Å². The van der Waals surface area contributed by atoms with Crippen LogP contribution in [0.3, 0.4) is 0 Å². The summed E-state index contributed by atoms with van der Waals surface area (Å²) in [6.07, 6.45) is 2.85. The molecule has 0 aliphatic rings. The summed E-state index contributed by atoms with van der Waals surface area (Å²) >= 11 is 11.9. The largest absolute Gasteiger partial charge is 0.339 e. The van der Waals surface area contributed by atoms with Gasteiger partial charge in [-0.25, -0.2) is 0 Å². The van der Waals surface area contributed by atoms with Gasteiger partial charge in [-0.2, -0.15) is 4.98 Å². The molecule has 6 heteroatoms. The van der Waals surface area contributed by atoms with Gasteiger partial charge in [0.2, 0.25) is 11.7 Å². The quantitative estimate of drug-likeness (QED) is 0.820. The van der Waals surface area contributed by atoms with E-state index in [1.807, 2.05) is 6.07 Å². The van der Waals surface area contributed by atoms with Gasteiger partial charge in [0.1, 0.15) is 0 Å². The molecule has 2 rings (SSSR count). The van der Waals surface area contributed by atoms with Gasteiger partial charge in [-0.15, -0.1) is 0 Å². The van der Waals surface area contributed by atoms with Gasteiger partial charge < -0.3 is 9.84 Å². The van der Waals surface area contributed by atoms with Crippen LogP contribution in [0, 0.1) is 0 Å². The zero-order valence-electron chi connectivity index (χ0n) is 12.2. The third kappa shape index (κ3) is 4.43. The highest BCUT2D eigenvalue weighted by Crippen LogP contribution is 2.27. The first kappa shape index (κ1) is 16.3. The molecule has 0 spiro atoms. The molecule has 1 N–H and O–H groups in total. The number of benzene rings is 1. The van der Waals surface area contributed by atoms with Crippen LogP contribution in [0.5, 0.6) is 0 Å². The predicted octanol–water partition coefficient (Wildman–Crippen LogP) is 4.36. The summed E-state index contributed by atoms with van der Waals surface area (Å²) < 4.78 is 5.32. The van der Waals surface area contributed by atoms with Gasteiger partial charge in [0.25, 0.3) is 0 Å². The van der Waals surface area contributed by atoms with Crippen molar-refractivity contribution in [2.75, 3.05) is 6.54 Å². The van der Waals surface area contributed by atoms with E-state index in [1.54, 1.807) is 12.1 Å². The SMILES string of the molecule is CCCNC(CC)Cc1nc(-c2ccc(Cl)c(Cl)c2)no1. The molecule has 0 saturated carbocycles. The lowest BCUT2D eigenvalue weighted by Crippen LogP contribution is -2.31. The van der Waals surface area contributed by atoms with Crippen molar-refractivity contribution in [1.29, 1.82) is 0 Å². The third-order valence-electron chi connectivity index (χ3n) is 3.24. The van der Waals surface area contributed by atoms with E-state index < -0.39 is 0 Å². The summed E-state index contributed by atoms with van der Waals surface area (Å²) in [7, 11) is 0. The molecule has 2 aromatic rings. The molecule has 114 valence electrons. The second-order valence-electron chi connectivity index (χ2n) is 4.90. The first-order valence-electron chi connectivity index (χ1n) is 7.15. The van der Waals surface area contributed by atoms with Crippen LogP contribution in [0.2, 0.25) is 10.0 Å². The van der Waals surface area contributed by atoms with Crippen molar-refractivity contribution < 1.29 is 4.52 Å². The summed E-state index contributed by atoms with van der Waals surface area (Å²) in [6, 6.07) is 5.65. The molecule has 1 heterocycles. The lowest BCUT2D eigenvalue weighted by Gasteiger charge is -2.13. The molecule has 0 bridgehead atoms. The van der Waals surface area contributed by atoms with E-state index in [4.69, 9.17) is 27.7 Å². The van der Waals surface area contributed by atoms with Crippen LogP contribution >= 0.6 is 23.2 Å². The summed E-state index contributed by atoms with van der Waals surface area (Å²) in [5.41, 5.74) is 0.800. The zero-order chi connectivity index (χ0) is 15.2. The van der Waals surface area contributed by atoms with Gasteiger partial charge in [-0.1, -0.05) is 42.2 Å². The fraction of sp³-hybridized carbons (Fsp3) is 0.467. The standard InChI is InChI=1S/C15H19Cl2N3O/c1-3-7-18-11(4-2)9-14-19-15(20-21-14)10-5-6-12(16)13(17)8-10/h5-6,8,11,18H,3-4,7,9H2,1-2H3. The summed E-state index contributed by atoms with van der Waals surface area (Å²) in [5, 5.41) is 8.47. The van der Waals surface area contributed by atoms with Gasteiger partial charge >= 0.3 is 0 Å². The first-order valence-corrected chi connectivity index (χ1v) is 7.91. The number of hydrogen-bond donors (Lipinski definition) is 1. The molecule has 0 aliphatic carbocycles. The maximum Gasteiger partial charge on any atom is 0.228 e. The molecule has 4 nitrogen and oxygen atoms in total. The average molecular weight is 328 g/mol. The topological polar surface area (TPSA) is 51.0 Å². The smallest absolute Gasteiger partial charge is 0.228 e. The Morgan fingerprint density at radius 1 is 1.24 bits per heavy atom. The number of hydrogen-bond acceptors (Lipinski definition) is 4. The van der Waals surface area contributed by atoms with Crippen molar-refractivity contribution in [2.45, 2.75) is 39.2 Å². The van der Waals surface area contributed by atoms with Gasteiger partial charge in [-0.05, 0) is 37.6 Å². The molecule has 0 radical (unpaired) electrons. The Hall–Kier alpha value is -1.10. The minimum absolute atomic E-state index is 0.354. The van der Waals surface area contributed by atoms with Crippen molar-refractivity contribution >= 4 is 23.2 Å². The fourth-order valence-corrected chi connectivity index (χ4v) is 2.31. The highest BCUT2D eigenvalue weighted by molar-refractivity contribution is 6.42. The average Bonchev–Trinajstić information content (AvgIpc) is 2.95. The van der Waals surface area contributed by atoms with E-state index in [1.165, 1.54) is 0 Å². The van der Waals surface area contributed by atoms with Crippen LogP contribution in [0.1, 0.15) is 32.6 Å². The zero-order valence-corrected chi connectivity index (χ0v) is 13.7. The van der Waals surface area contributed by atoms with E-state index in [0.29, 0.717) is 27.8 Å². The molecular formula is C15H19Cl2N3O. The number of rotatable bonds is 7. The van der Waals surface area contributed by atoms with Crippen LogP contribution in [0.4, 0.5) is 0 Å². The van der Waals surface area contributed by atoms with Crippen LogP contribution in [0.15, 0.2) is 22.7 Å². The Bertz CT molecular complexity index is 586. The van der Waals surface area contributed by atoms with E-state index >= 15 is 0 Å². The van der Waals surface area contributed by atoms with Crippen LogP contribution in [-0.4, -0.2) is 22.7 Å². The van der Waals surface area contributed by atoms with E-state index in [0.717, 1.165) is 31.4 Å². The minimum Gasteiger partial charge on any atom is -0.339 e. The normalized spacial score (nSPS) is 12.6. The second-order valence-corrected chi connectivity index (χ2v) is 5.72. The first-order chi connectivity index (χ1) is 10.1. The molecule has 1 aromatic heterocycles. The highest BCUT2D eigenvalue weighted by atomic mass is 35.5. The molecule has 1 aromatic carbocycles. The predicted molar refractivity (Wildman–Crippen MR) is 85.8 cm³/mol. The number of nitrogens with zero attached hydrogens (tertiary/aromatic N) is 2. The fourth-order valence-electron chi connectivity index (χ4n) is 2.01. The van der Waals surface area contributed by atoms with Gasteiger partial charge in [0.15, 0.2) is 0 Å². The van der Waals surface area contributed by atoms with Gasteiger partial charge in [0, 0.05) is 18.0 Å². The molecule has 0 fully saturated rings. The third-order valence-corrected chi connectivity index (χ3v) is 3.98. The maximum absolute atomic E-state index is 6.01. The van der Waals surface area contributed by atoms with E-state index in [-0.39, 0.29) is 0 Å². The van der Waals surface area contributed by atoms with Crippen molar-refractivity contribution in [1.82, 2.24) is 15.5 Å². The van der Waals surface area contributed by atoms with E-state index in [9.17, 15) is 0 Å². The summed E-state index contributed by atoms with van der Waals surface area (Å²) in [4.78, 5) is 4.43. The Kier molecular flexibility index (Phi) is 6.03. The summed E-state index contributed by atoms with van der Waals surface area (Å²) in [5.74, 6) is 1.17. The Balaban J connectivity index is 2.08. The number of nitrogens with one attached hydrogen (secondary N) is 1. The van der Waals surface area contributed by atoms with Crippen molar-refractivity contribution in [3.05, 3.63) is 34.1 Å². The lowest BCUT2D eigenvalue weighted by molar-refractivity contribution is 0.354. The monoisotopic (exact) mass is 327 g/mol. The van der Waals surface area contributed by atoms with Crippen molar-refractivity contribution in [3.63, 3.8) is 0 Å². The molecular weight excluding hydrogens is 309 g/mol.